The zero-order valence-electron chi connectivity index (χ0n) is 15.9. The second-order valence-corrected chi connectivity index (χ2v) is 10.1. The standard InChI is InChI=1S/C22H30O2S/c1-15(2)19-11-10-16(3)22-20(13-19)17(4)12-21(22)25(23,24)14-18-8-6-5-7-9-18/h10-13,15,18H,5-9,14H2,1-4H3. The topological polar surface area (TPSA) is 34.1 Å². The lowest BCUT2D eigenvalue weighted by Gasteiger charge is -2.21. The molecule has 0 saturated heterocycles. The van der Waals surface area contributed by atoms with Gasteiger partial charge in [0.15, 0.2) is 9.84 Å². The Balaban J connectivity index is 2.06. The summed E-state index contributed by atoms with van der Waals surface area (Å²) in [5.41, 5.74) is 5.40. The van der Waals surface area contributed by atoms with Crippen LogP contribution < -0.4 is 0 Å². The highest BCUT2D eigenvalue weighted by molar-refractivity contribution is 7.91. The molecule has 3 heteroatoms. The molecule has 0 aromatic carbocycles. The van der Waals surface area contributed by atoms with Crippen LogP contribution in [0.1, 0.15) is 68.6 Å². The molecule has 0 radical (unpaired) electrons. The van der Waals surface area contributed by atoms with Gasteiger partial charge in [0.1, 0.15) is 0 Å². The van der Waals surface area contributed by atoms with Crippen LogP contribution in [0, 0.1) is 19.8 Å². The van der Waals surface area contributed by atoms with Crippen LogP contribution in [0.5, 0.6) is 0 Å². The van der Waals surface area contributed by atoms with Crippen LogP contribution in [0.25, 0.3) is 11.1 Å². The Morgan fingerprint density at radius 1 is 1.00 bits per heavy atom. The second-order valence-electron chi connectivity index (χ2n) is 8.08. The summed E-state index contributed by atoms with van der Waals surface area (Å²) in [4.78, 5) is 0.550. The minimum Gasteiger partial charge on any atom is -0.224 e. The van der Waals surface area contributed by atoms with Gasteiger partial charge < -0.3 is 0 Å². The molecule has 0 aromatic heterocycles. The summed E-state index contributed by atoms with van der Waals surface area (Å²) in [6.07, 6.45) is 5.71. The van der Waals surface area contributed by atoms with Crippen LogP contribution in [0.15, 0.2) is 29.2 Å². The van der Waals surface area contributed by atoms with Crippen molar-refractivity contribution in [1.82, 2.24) is 0 Å². The zero-order valence-corrected chi connectivity index (χ0v) is 16.7. The highest BCUT2D eigenvalue weighted by atomic mass is 32.2. The van der Waals surface area contributed by atoms with Crippen molar-refractivity contribution in [2.24, 2.45) is 5.92 Å². The van der Waals surface area contributed by atoms with Gasteiger partial charge in [0.2, 0.25) is 0 Å². The molecule has 0 unspecified atom stereocenters. The summed E-state index contributed by atoms with van der Waals surface area (Å²) in [5.74, 6) is 1.06. The molecule has 0 bridgehead atoms. The van der Waals surface area contributed by atoms with E-state index in [1.807, 2.05) is 19.9 Å². The molecule has 3 rings (SSSR count). The van der Waals surface area contributed by atoms with Crippen LogP contribution >= 0.6 is 0 Å². The van der Waals surface area contributed by atoms with Crippen molar-refractivity contribution in [2.75, 3.05) is 5.75 Å². The van der Waals surface area contributed by atoms with Crippen molar-refractivity contribution < 1.29 is 8.42 Å². The van der Waals surface area contributed by atoms with Crippen LogP contribution in [0.4, 0.5) is 0 Å². The lowest BCUT2D eigenvalue weighted by Crippen LogP contribution is -2.19. The van der Waals surface area contributed by atoms with E-state index in [-0.39, 0.29) is 0 Å². The van der Waals surface area contributed by atoms with Crippen molar-refractivity contribution in [3.05, 3.63) is 41.0 Å². The van der Waals surface area contributed by atoms with Crippen LogP contribution in [0.3, 0.4) is 0 Å². The summed E-state index contributed by atoms with van der Waals surface area (Å²) in [6.45, 7) is 8.42. The van der Waals surface area contributed by atoms with Gasteiger partial charge in [-0.05, 0) is 66.8 Å². The predicted molar refractivity (Wildman–Crippen MR) is 105 cm³/mol. The molecule has 0 atom stereocenters. The minimum atomic E-state index is -3.25. The first kappa shape index (κ1) is 18.4. The molecule has 1 saturated carbocycles. The summed E-state index contributed by atoms with van der Waals surface area (Å²) >= 11 is 0. The Kier molecular flexibility index (Phi) is 5.24. The Bertz CT molecular complexity index is 828. The largest absolute Gasteiger partial charge is 0.224 e. The number of aryl methyl sites for hydroxylation is 2. The van der Waals surface area contributed by atoms with Crippen LogP contribution in [0.2, 0.25) is 0 Å². The van der Waals surface area contributed by atoms with Gasteiger partial charge in [0, 0.05) is 5.56 Å². The number of rotatable bonds is 4. The summed E-state index contributed by atoms with van der Waals surface area (Å²) in [7, 11) is -3.25. The van der Waals surface area contributed by atoms with Crippen molar-refractivity contribution in [2.45, 2.75) is 70.6 Å². The van der Waals surface area contributed by atoms with E-state index in [9.17, 15) is 8.42 Å². The normalized spacial score (nSPS) is 16.7. The minimum absolute atomic E-state index is 0.306. The molecule has 0 aliphatic heterocycles. The molecule has 2 nitrogen and oxygen atoms in total. The van der Waals surface area contributed by atoms with E-state index >= 15 is 0 Å². The Morgan fingerprint density at radius 2 is 1.68 bits per heavy atom. The molecule has 0 amide bonds. The Hall–Kier alpha value is -1.35. The van der Waals surface area contributed by atoms with Gasteiger partial charge in [-0.2, -0.15) is 0 Å². The SMILES string of the molecule is Cc1cc(S(=O)(=O)CC2CCCCC2)c2c(C)ccc(C(C)C)cc1-2. The molecule has 0 heterocycles. The lowest BCUT2D eigenvalue weighted by molar-refractivity contribution is 0.385. The van der Waals surface area contributed by atoms with Gasteiger partial charge in [-0.25, -0.2) is 8.42 Å². The third kappa shape index (κ3) is 3.76. The molecule has 0 aromatic rings. The maximum absolute atomic E-state index is 13.2. The van der Waals surface area contributed by atoms with E-state index in [0.717, 1.165) is 35.1 Å². The van der Waals surface area contributed by atoms with Gasteiger partial charge in [-0.15, -0.1) is 0 Å². The van der Waals surface area contributed by atoms with E-state index in [1.165, 1.54) is 24.8 Å². The number of sulfone groups is 1. The zero-order chi connectivity index (χ0) is 18.2. The summed E-state index contributed by atoms with van der Waals surface area (Å²) < 4.78 is 26.4. The molecule has 0 N–H and O–H groups in total. The third-order valence-electron chi connectivity index (χ3n) is 5.70. The molecule has 3 aliphatic carbocycles. The third-order valence-corrected chi connectivity index (χ3v) is 7.60. The monoisotopic (exact) mass is 358 g/mol. The van der Waals surface area contributed by atoms with E-state index in [1.54, 1.807) is 0 Å². The second kappa shape index (κ2) is 7.11. The first-order valence-electron chi connectivity index (χ1n) is 9.56. The first-order chi connectivity index (χ1) is 11.8. The molecular formula is C22H30O2S. The van der Waals surface area contributed by atoms with Crippen molar-refractivity contribution in [3.63, 3.8) is 0 Å². The van der Waals surface area contributed by atoms with Crippen LogP contribution in [-0.4, -0.2) is 14.2 Å². The average Bonchev–Trinajstić information content (AvgIpc) is 2.78. The van der Waals surface area contributed by atoms with E-state index in [2.05, 4.69) is 32.0 Å². The van der Waals surface area contributed by atoms with Crippen molar-refractivity contribution in [3.8, 4) is 11.1 Å². The Labute approximate surface area is 152 Å². The molecule has 25 heavy (non-hydrogen) atoms. The first-order valence-corrected chi connectivity index (χ1v) is 11.2. The fraction of sp³-hybridized carbons (Fsp3) is 0.545. The van der Waals surface area contributed by atoms with Gasteiger partial charge in [0.25, 0.3) is 0 Å². The van der Waals surface area contributed by atoms with E-state index in [0.29, 0.717) is 22.5 Å². The summed E-state index contributed by atoms with van der Waals surface area (Å²) in [5, 5.41) is 0. The molecule has 1 fully saturated rings. The van der Waals surface area contributed by atoms with Gasteiger partial charge >= 0.3 is 0 Å². The highest BCUT2D eigenvalue weighted by Gasteiger charge is 2.28. The van der Waals surface area contributed by atoms with Gasteiger partial charge in [0.05, 0.1) is 10.6 Å². The van der Waals surface area contributed by atoms with Gasteiger partial charge in [-0.3, -0.25) is 0 Å². The van der Waals surface area contributed by atoms with Crippen LogP contribution in [-0.2, 0) is 9.84 Å². The summed E-state index contributed by atoms with van der Waals surface area (Å²) in [6, 6.07) is 8.30. The highest BCUT2D eigenvalue weighted by Crippen LogP contribution is 2.40. The number of hydrogen-bond donors (Lipinski definition) is 0. The van der Waals surface area contributed by atoms with Crippen molar-refractivity contribution >= 4 is 9.84 Å². The Morgan fingerprint density at radius 3 is 2.32 bits per heavy atom. The molecule has 3 aliphatic rings. The van der Waals surface area contributed by atoms with Gasteiger partial charge in [-0.1, -0.05) is 51.3 Å². The fourth-order valence-electron chi connectivity index (χ4n) is 4.15. The van der Waals surface area contributed by atoms with E-state index < -0.39 is 9.84 Å². The maximum atomic E-state index is 13.2. The molecular weight excluding hydrogens is 328 g/mol. The average molecular weight is 359 g/mol. The quantitative estimate of drug-likeness (QED) is 0.683. The predicted octanol–water partition coefficient (Wildman–Crippen LogP) is 5.89. The molecule has 136 valence electrons. The lowest BCUT2D eigenvalue weighted by atomic mass is 9.91. The smallest absolute Gasteiger partial charge is 0.179 e. The van der Waals surface area contributed by atoms with E-state index in [4.69, 9.17) is 0 Å². The maximum Gasteiger partial charge on any atom is 0.179 e. The number of hydrogen-bond acceptors (Lipinski definition) is 2. The molecule has 0 spiro atoms. The van der Waals surface area contributed by atoms with Crippen molar-refractivity contribution in [1.29, 1.82) is 0 Å². The fourth-order valence-corrected chi connectivity index (χ4v) is 6.22. The number of fused-ring (bicyclic) bond motifs is 1.